The molecular formula is C41H79N2O7P. The van der Waals surface area contributed by atoms with Crippen molar-refractivity contribution >= 4 is 13.7 Å². The highest BCUT2D eigenvalue weighted by Gasteiger charge is 2.27. The molecule has 0 heterocycles. The molecule has 0 radical (unpaired) electrons. The van der Waals surface area contributed by atoms with Crippen LogP contribution in [0.15, 0.2) is 36.5 Å². The van der Waals surface area contributed by atoms with Gasteiger partial charge in [-0.3, -0.25) is 13.8 Å². The molecule has 4 atom stereocenters. The fourth-order valence-electron chi connectivity index (χ4n) is 5.85. The number of nitrogens with two attached hydrogens (primary N) is 1. The molecule has 0 aliphatic carbocycles. The molecule has 1 amide bonds. The molecule has 0 fully saturated rings. The van der Waals surface area contributed by atoms with Gasteiger partial charge in [0.05, 0.1) is 37.9 Å². The minimum atomic E-state index is -4.40. The highest BCUT2D eigenvalue weighted by atomic mass is 31.2. The third kappa shape index (κ3) is 35.5. The van der Waals surface area contributed by atoms with Gasteiger partial charge in [0.15, 0.2) is 0 Å². The summed E-state index contributed by atoms with van der Waals surface area (Å²) >= 11 is 0. The molecule has 0 aromatic heterocycles. The molecule has 10 heteroatoms. The number of allylic oxidation sites excluding steroid dienone is 5. The van der Waals surface area contributed by atoms with Crippen LogP contribution in [0, 0.1) is 0 Å². The lowest BCUT2D eigenvalue weighted by molar-refractivity contribution is -0.124. The van der Waals surface area contributed by atoms with Gasteiger partial charge in [0, 0.05) is 6.54 Å². The number of unbranched alkanes of at least 4 members (excludes halogenated alkanes) is 20. The number of aliphatic hydroxyl groups is 2. The third-order valence-corrected chi connectivity index (χ3v) is 9.99. The maximum absolute atomic E-state index is 12.7. The van der Waals surface area contributed by atoms with Gasteiger partial charge in [-0.05, 0) is 44.9 Å². The van der Waals surface area contributed by atoms with Crippen LogP contribution in [0.3, 0.4) is 0 Å². The molecule has 9 nitrogen and oxygen atoms in total. The van der Waals surface area contributed by atoms with Gasteiger partial charge in [-0.25, -0.2) is 4.57 Å². The van der Waals surface area contributed by atoms with Crippen molar-refractivity contribution < 1.29 is 33.5 Å². The van der Waals surface area contributed by atoms with E-state index in [1.165, 1.54) is 103 Å². The van der Waals surface area contributed by atoms with Crippen LogP contribution in [0.1, 0.15) is 181 Å². The molecule has 0 rings (SSSR count). The standard InChI is InChI=1S/C41H79N2O7P/c1-3-5-7-9-11-13-15-16-17-18-19-20-21-22-23-25-27-29-31-33-40(45)39(37-50-51(47,48)49-35-34-42)43-41(46)36-38(44)32-30-28-26-24-14-12-10-8-6-4-2/h19-20,23,25,31,33,38-40,44-45H,3-18,21-22,24,26-30,32,34-37,42H2,1-2H3,(H,43,46)(H,47,48)/b20-19+,25-23+,33-31+. The summed E-state index contributed by atoms with van der Waals surface area (Å²) in [6, 6.07) is -1.00. The summed E-state index contributed by atoms with van der Waals surface area (Å²) < 4.78 is 22.0. The van der Waals surface area contributed by atoms with Crippen molar-refractivity contribution in [2.75, 3.05) is 19.8 Å². The smallest absolute Gasteiger partial charge is 0.393 e. The Labute approximate surface area is 312 Å². The average Bonchev–Trinajstić information content (AvgIpc) is 3.10. The van der Waals surface area contributed by atoms with Gasteiger partial charge in [0.1, 0.15) is 0 Å². The predicted molar refractivity (Wildman–Crippen MR) is 214 cm³/mol. The monoisotopic (exact) mass is 743 g/mol. The average molecular weight is 743 g/mol. The lowest BCUT2D eigenvalue weighted by Crippen LogP contribution is -2.46. The molecule has 300 valence electrons. The zero-order valence-electron chi connectivity index (χ0n) is 32.7. The summed E-state index contributed by atoms with van der Waals surface area (Å²) in [6.07, 6.45) is 39.5. The molecule has 0 aromatic carbocycles. The number of nitrogens with one attached hydrogen (secondary N) is 1. The van der Waals surface area contributed by atoms with Gasteiger partial charge in [0.25, 0.3) is 0 Å². The summed E-state index contributed by atoms with van der Waals surface area (Å²) in [4.78, 5) is 22.7. The van der Waals surface area contributed by atoms with E-state index < -0.39 is 38.6 Å². The number of phosphoric ester groups is 1. The number of hydrogen-bond donors (Lipinski definition) is 5. The van der Waals surface area contributed by atoms with E-state index in [1.54, 1.807) is 6.08 Å². The van der Waals surface area contributed by atoms with Crippen LogP contribution >= 0.6 is 7.82 Å². The first-order valence-corrected chi connectivity index (χ1v) is 22.2. The van der Waals surface area contributed by atoms with E-state index in [-0.39, 0.29) is 19.6 Å². The maximum atomic E-state index is 12.7. The molecule has 0 spiro atoms. The van der Waals surface area contributed by atoms with Gasteiger partial charge in [-0.2, -0.15) is 0 Å². The van der Waals surface area contributed by atoms with Crippen LogP contribution in [-0.2, 0) is 18.4 Å². The lowest BCUT2D eigenvalue weighted by Gasteiger charge is -2.24. The van der Waals surface area contributed by atoms with Crippen molar-refractivity contribution in [1.29, 1.82) is 0 Å². The number of aliphatic hydroxyl groups excluding tert-OH is 2. The quantitative estimate of drug-likeness (QED) is 0.0238. The number of rotatable bonds is 38. The van der Waals surface area contributed by atoms with Gasteiger partial charge >= 0.3 is 7.82 Å². The number of phosphoric acid groups is 1. The Morgan fingerprint density at radius 2 is 1.12 bits per heavy atom. The van der Waals surface area contributed by atoms with Gasteiger partial charge in [-0.1, -0.05) is 166 Å². The van der Waals surface area contributed by atoms with Crippen LogP contribution in [-0.4, -0.2) is 59.0 Å². The Balaban J connectivity index is 4.44. The van der Waals surface area contributed by atoms with Crippen molar-refractivity contribution in [1.82, 2.24) is 5.32 Å². The maximum Gasteiger partial charge on any atom is 0.472 e. The van der Waals surface area contributed by atoms with Crippen LogP contribution in [0.5, 0.6) is 0 Å². The Hall–Kier alpha value is -1.32. The lowest BCUT2D eigenvalue weighted by atomic mass is 10.0. The number of carbonyl (C=O) groups excluding carboxylic acids is 1. The van der Waals surface area contributed by atoms with Crippen LogP contribution in [0.2, 0.25) is 0 Å². The van der Waals surface area contributed by atoms with E-state index in [0.717, 1.165) is 44.9 Å². The van der Waals surface area contributed by atoms with Crippen molar-refractivity contribution in [3.8, 4) is 0 Å². The molecule has 0 aliphatic heterocycles. The SMILES string of the molecule is CCCCCCCCCCC/C=C/CC/C=C/CC/C=C/C(O)C(COP(=O)(O)OCCN)NC(=O)CC(O)CCCCCCCCCCCC. The van der Waals surface area contributed by atoms with Crippen molar-refractivity contribution in [2.24, 2.45) is 5.73 Å². The molecule has 0 aromatic rings. The van der Waals surface area contributed by atoms with Gasteiger partial charge in [-0.15, -0.1) is 0 Å². The largest absolute Gasteiger partial charge is 0.472 e. The molecule has 0 saturated carbocycles. The first-order valence-electron chi connectivity index (χ1n) is 20.7. The van der Waals surface area contributed by atoms with E-state index in [1.807, 2.05) is 6.08 Å². The predicted octanol–water partition coefficient (Wildman–Crippen LogP) is 10.1. The molecule has 6 N–H and O–H groups in total. The van der Waals surface area contributed by atoms with E-state index in [4.69, 9.17) is 14.8 Å². The Bertz CT molecular complexity index is 914. The zero-order chi connectivity index (χ0) is 37.7. The Morgan fingerprint density at radius 3 is 1.63 bits per heavy atom. The topological polar surface area (TPSA) is 151 Å². The van der Waals surface area contributed by atoms with Crippen molar-refractivity contribution in [3.63, 3.8) is 0 Å². The fourth-order valence-corrected chi connectivity index (χ4v) is 6.61. The molecule has 0 bridgehead atoms. The third-order valence-electron chi connectivity index (χ3n) is 9.00. The molecule has 4 unspecified atom stereocenters. The number of amides is 1. The Kier molecular flexibility index (Phi) is 36.1. The van der Waals surface area contributed by atoms with E-state index in [0.29, 0.717) is 12.8 Å². The fraction of sp³-hybridized carbons (Fsp3) is 0.829. The van der Waals surface area contributed by atoms with Gasteiger partial charge in [0.2, 0.25) is 5.91 Å². The second-order valence-corrected chi connectivity index (χ2v) is 15.5. The normalized spacial score (nSPS) is 15.2. The zero-order valence-corrected chi connectivity index (χ0v) is 33.6. The summed E-state index contributed by atoms with van der Waals surface area (Å²) in [6.45, 7) is 3.92. The second-order valence-electron chi connectivity index (χ2n) is 14.0. The minimum absolute atomic E-state index is 0.0426. The van der Waals surface area contributed by atoms with E-state index in [9.17, 15) is 24.5 Å². The molecule has 0 saturated heterocycles. The molecule has 0 aliphatic rings. The van der Waals surface area contributed by atoms with Crippen LogP contribution < -0.4 is 11.1 Å². The summed E-state index contributed by atoms with van der Waals surface area (Å²) in [7, 11) is -4.40. The second kappa shape index (κ2) is 37.0. The molecular weight excluding hydrogens is 663 g/mol. The minimum Gasteiger partial charge on any atom is -0.393 e. The number of carbonyl (C=O) groups is 1. The molecule has 51 heavy (non-hydrogen) atoms. The first kappa shape index (κ1) is 49.7. The summed E-state index contributed by atoms with van der Waals surface area (Å²) in [5, 5.41) is 23.9. The van der Waals surface area contributed by atoms with Crippen molar-refractivity contribution in [2.45, 2.75) is 199 Å². The highest BCUT2D eigenvalue weighted by Crippen LogP contribution is 2.43. The Morgan fingerprint density at radius 1 is 0.667 bits per heavy atom. The first-order chi connectivity index (χ1) is 24.8. The van der Waals surface area contributed by atoms with Crippen LogP contribution in [0.25, 0.3) is 0 Å². The van der Waals surface area contributed by atoms with Crippen molar-refractivity contribution in [3.05, 3.63) is 36.5 Å². The van der Waals surface area contributed by atoms with E-state index in [2.05, 4.69) is 43.5 Å². The highest BCUT2D eigenvalue weighted by molar-refractivity contribution is 7.47. The summed E-state index contributed by atoms with van der Waals surface area (Å²) in [5.41, 5.74) is 5.35. The van der Waals surface area contributed by atoms with E-state index >= 15 is 0 Å². The van der Waals surface area contributed by atoms with Gasteiger partial charge < -0.3 is 26.2 Å². The summed E-state index contributed by atoms with van der Waals surface area (Å²) in [5.74, 6) is -0.462. The number of hydrogen-bond acceptors (Lipinski definition) is 7. The van der Waals surface area contributed by atoms with Crippen LogP contribution in [0.4, 0.5) is 0 Å².